The van der Waals surface area contributed by atoms with Crippen molar-refractivity contribution in [3.8, 4) is 5.75 Å². The van der Waals surface area contributed by atoms with Gasteiger partial charge in [-0.15, -0.1) is 0 Å². The summed E-state index contributed by atoms with van der Waals surface area (Å²) >= 11 is 0. The minimum absolute atomic E-state index is 0.181. The number of para-hydroxylation sites is 1. The van der Waals surface area contributed by atoms with Gasteiger partial charge in [-0.2, -0.15) is 0 Å². The van der Waals surface area contributed by atoms with Gasteiger partial charge in [0.1, 0.15) is 12.4 Å². The highest BCUT2D eigenvalue weighted by atomic mass is 16.5. The molecule has 0 spiro atoms. The van der Waals surface area contributed by atoms with E-state index in [4.69, 9.17) is 9.47 Å². The largest absolute Gasteiger partial charge is 0.489 e. The lowest BCUT2D eigenvalue weighted by Crippen LogP contribution is -2.24. The van der Waals surface area contributed by atoms with Crippen molar-refractivity contribution in [3.05, 3.63) is 113 Å². The second-order valence-corrected chi connectivity index (χ2v) is 8.67. The molecule has 4 aromatic carbocycles. The highest BCUT2D eigenvalue weighted by molar-refractivity contribution is 5.96. The summed E-state index contributed by atoms with van der Waals surface area (Å²) in [6, 6.07) is 27.8. The zero-order valence-corrected chi connectivity index (χ0v) is 20.8. The van der Waals surface area contributed by atoms with Crippen LogP contribution < -0.4 is 10.1 Å². The number of amides is 1. The molecule has 0 aromatic heterocycles. The maximum Gasteiger partial charge on any atom is 0.306 e. The van der Waals surface area contributed by atoms with E-state index in [0.717, 1.165) is 38.8 Å². The lowest BCUT2D eigenvalue weighted by atomic mass is 9.99. The van der Waals surface area contributed by atoms with Gasteiger partial charge in [-0.3, -0.25) is 9.59 Å². The molecule has 1 amide bonds. The molecule has 5 heteroatoms. The third-order valence-electron chi connectivity index (χ3n) is 6.13. The highest BCUT2D eigenvalue weighted by Crippen LogP contribution is 2.21. The Morgan fingerprint density at radius 1 is 0.861 bits per heavy atom. The fourth-order valence-electron chi connectivity index (χ4n) is 4.21. The van der Waals surface area contributed by atoms with Crippen molar-refractivity contribution in [2.45, 2.75) is 39.8 Å². The molecule has 36 heavy (non-hydrogen) atoms. The predicted octanol–water partition coefficient (Wildman–Crippen LogP) is 6.15. The number of hydrogen-bond acceptors (Lipinski definition) is 4. The number of aryl methyl sites for hydroxylation is 2. The SMILES string of the molecule is CCOC(=O)CCc1ccc(COc2ccccc2C)cc1C(=O)NCc1cccc2ccccc12. The predicted molar refractivity (Wildman–Crippen MR) is 142 cm³/mol. The average molecular weight is 482 g/mol. The van der Waals surface area contributed by atoms with Crippen molar-refractivity contribution in [1.82, 2.24) is 5.32 Å². The van der Waals surface area contributed by atoms with Gasteiger partial charge in [-0.1, -0.05) is 72.8 Å². The standard InChI is InChI=1S/C31H31NO4/c1-3-35-30(33)18-17-25-16-15-23(21-36-29-14-7-4-9-22(29)2)19-28(25)31(34)32-20-26-12-8-11-24-10-5-6-13-27(24)26/h4-16,19H,3,17-18,20-21H2,1-2H3,(H,32,34). The van der Waals surface area contributed by atoms with Crippen LogP contribution in [0.25, 0.3) is 10.8 Å². The Balaban J connectivity index is 1.53. The zero-order chi connectivity index (χ0) is 25.3. The second kappa shape index (κ2) is 12.0. The summed E-state index contributed by atoms with van der Waals surface area (Å²) < 4.78 is 11.1. The second-order valence-electron chi connectivity index (χ2n) is 8.67. The molecule has 0 saturated carbocycles. The number of fused-ring (bicyclic) bond motifs is 1. The Hall–Kier alpha value is -4.12. The van der Waals surface area contributed by atoms with Crippen molar-refractivity contribution >= 4 is 22.6 Å². The molecule has 184 valence electrons. The molecular formula is C31H31NO4. The minimum atomic E-state index is -0.272. The number of esters is 1. The first kappa shape index (κ1) is 25.0. The molecular weight excluding hydrogens is 450 g/mol. The molecule has 0 aliphatic rings. The van der Waals surface area contributed by atoms with Crippen LogP contribution in [0.1, 0.15) is 46.0 Å². The Morgan fingerprint density at radius 2 is 1.64 bits per heavy atom. The molecule has 1 N–H and O–H groups in total. The number of benzene rings is 4. The molecule has 0 atom stereocenters. The van der Waals surface area contributed by atoms with Crippen LogP contribution in [-0.2, 0) is 29.1 Å². The van der Waals surface area contributed by atoms with Crippen LogP contribution in [-0.4, -0.2) is 18.5 Å². The van der Waals surface area contributed by atoms with Crippen LogP contribution in [0.2, 0.25) is 0 Å². The molecule has 5 nitrogen and oxygen atoms in total. The van der Waals surface area contributed by atoms with Crippen LogP contribution in [0.5, 0.6) is 5.75 Å². The molecule has 0 aliphatic carbocycles. The van der Waals surface area contributed by atoms with Gasteiger partial charge in [-0.25, -0.2) is 0 Å². The maximum atomic E-state index is 13.4. The molecule has 0 heterocycles. The van der Waals surface area contributed by atoms with Crippen LogP contribution >= 0.6 is 0 Å². The van der Waals surface area contributed by atoms with Gasteiger partial charge in [0.2, 0.25) is 0 Å². The fraction of sp³-hybridized carbons (Fsp3) is 0.226. The van der Waals surface area contributed by atoms with Crippen LogP contribution in [0.15, 0.2) is 84.9 Å². The smallest absolute Gasteiger partial charge is 0.306 e. The Bertz CT molecular complexity index is 1360. The summed E-state index contributed by atoms with van der Waals surface area (Å²) in [6.45, 7) is 4.87. The number of hydrogen-bond donors (Lipinski definition) is 1. The molecule has 4 aromatic rings. The van der Waals surface area contributed by atoms with Gasteiger partial charge >= 0.3 is 5.97 Å². The number of rotatable bonds is 10. The van der Waals surface area contributed by atoms with Gasteiger partial charge in [0, 0.05) is 18.5 Å². The van der Waals surface area contributed by atoms with Crippen LogP contribution in [0.4, 0.5) is 0 Å². The molecule has 0 bridgehead atoms. The maximum absolute atomic E-state index is 13.4. The summed E-state index contributed by atoms with van der Waals surface area (Å²) in [4.78, 5) is 25.3. The number of carbonyl (C=O) groups is 2. The van der Waals surface area contributed by atoms with Crippen LogP contribution in [0.3, 0.4) is 0 Å². The normalized spacial score (nSPS) is 10.7. The van der Waals surface area contributed by atoms with E-state index < -0.39 is 0 Å². The molecule has 4 rings (SSSR count). The summed E-state index contributed by atoms with van der Waals surface area (Å²) in [5, 5.41) is 5.32. The van der Waals surface area contributed by atoms with E-state index in [0.29, 0.717) is 31.7 Å². The first-order valence-corrected chi connectivity index (χ1v) is 12.3. The average Bonchev–Trinajstić information content (AvgIpc) is 2.90. The van der Waals surface area contributed by atoms with Gasteiger partial charge in [-0.05, 0) is 65.4 Å². The first-order chi connectivity index (χ1) is 17.5. The minimum Gasteiger partial charge on any atom is -0.489 e. The van der Waals surface area contributed by atoms with Crippen LogP contribution in [0, 0.1) is 6.92 Å². The van der Waals surface area contributed by atoms with Gasteiger partial charge in [0.15, 0.2) is 0 Å². The summed E-state index contributed by atoms with van der Waals surface area (Å²) in [5.74, 6) is 0.358. The van der Waals surface area contributed by atoms with E-state index in [1.54, 1.807) is 6.92 Å². The van der Waals surface area contributed by atoms with E-state index in [2.05, 4.69) is 23.5 Å². The Morgan fingerprint density at radius 3 is 2.47 bits per heavy atom. The molecule has 0 fully saturated rings. The number of nitrogens with one attached hydrogen (secondary N) is 1. The van der Waals surface area contributed by atoms with E-state index >= 15 is 0 Å². The number of ether oxygens (including phenoxy) is 2. The zero-order valence-electron chi connectivity index (χ0n) is 20.8. The molecule has 0 radical (unpaired) electrons. The summed E-state index contributed by atoms with van der Waals surface area (Å²) in [6.07, 6.45) is 0.644. The van der Waals surface area contributed by atoms with Gasteiger partial charge in [0.05, 0.1) is 6.61 Å². The van der Waals surface area contributed by atoms with Gasteiger partial charge < -0.3 is 14.8 Å². The van der Waals surface area contributed by atoms with Crippen molar-refractivity contribution in [2.24, 2.45) is 0 Å². The Labute approximate surface area is 212 Å². The highest BCUT2D eigenvalue weighted by Gasteiger charge is 2.15. The van der Waals surface area contributed by atoms with E-state index in [9.17, 15) is 9.59 Å². The monoisotopic (exact) mass is 481 g/mol. The van der Waals surface area contributed by atoms with Crippen molar-refractivity contribution < 1.29 is 19.1 Å². The topological polar surface area (TPSA) is 64.6 Å². The third-order valence-corrected chi connectivity index (χ3v) is 6.13. The molecule has 0 aliphatic heterocycles. The van der Waals surface area contributed by atoms with E-state index in [1.807, 2.05) is 73.7 Å². The fourth-order valence-corrected chi connectivity index (χ4v) is 4.21. The lowest BCUT2D eigenvalue weighted by molar-refractivity contribution is -0.143. The molecule has 0 saturated heterocycles. The molecule has 0 unspecified atom stereocenters. The van der Waals surface area contributed by atoms with Crippen molar-refractivity contribution in [2.75, 3.05) is 6.61 Å². The van der Waals surface area contributed by atoms with Gasteiger partial charge in [0.25, 0.3) is 5.91 Å². The first-order valence-electron chi connectivity index (χ1n) is 12.3. The Kier molecular flexibility index (Phi) is 8.35. The summed E-state index contributed by atoms with van der Waals surface area (Å²) in [5.41, 5.74) is 4.34. The number of carbonyl (C=O) groups excluding carboxylic acids is 2. The quantitative estimate of drug-likeness (QED) is 0.276. The third kappa shape index (κ3) is 6.30. The lowest BCUT2D eigenvalue weighted by Gasteiger charge is -2.14. The van der Waals surface area contributed by atoms with E-state index in [1.165, 1.54) is 0 Å². The van der Waals surface area contributed by atoms with E-state index in [-0.39, 0.29) is 18.3 Å². The van der Waals surface area contributed by atoms with Crippen molar-refractivity contribution in [3.63, 3.8) is 0 Å². The summed E-state index contributed by atoms with van der Waals surface area (Å²) in [7, 11) is 0. The van der Waals surface area contributed by atoms with Crippen molar-refractivity contribution in [1.29, 1.82) is 0 Å².